The smallest absolute Gasteiger partial charge is 0.240 e. The molecule has 0 amide bonds. The maximum Gasteiger partial charge on any atom is 0.240 e. The summed E-state index contributed by atoms with van der Waals surface area (Å²) in [7, 11) is -6.25. The predicted octanol–water partition coefficient (Wildman–Crippen LogP) is 10.4. The van der Waals surface area contributed by atoms with Gasteiger partial charge in [0.15, 0.2) is 22.0 Å². The molecule has 76 heavy (non-hydrogen) atoms. The summed E-state index contributed by atoms with van der Waals surface area (Å²) in [4.78, 5) is 17.2. The van der Waals surface area contributed by atoms with Crippen LogP contribution in [0.5, 0.6) is 0 Å². The molecule has 11 aromatic carbocycles. The molecule has 0 saturated heterocycles. The van der Waals surface area contributed by atoms with E-state index in [0.717, 1.165) is 49.2 Å². The van der Waals surface area contributed by atoms with Gasteiger partial charge in [-0.25, -0.2) is 0 Å². The van der Waals surface area contributed by atoms with Crippen molar-refractivity contribution in [2.75, 3.05) is 0 Å². The number of nitrogens with zero attached hydrogens (tertiary/aromatic N) is 5. The number of para-hydroxylation sites is 4. The van der Waals surface area contributed by atoms with Gasteiger partial charge in [-0.2, -0.15) is 15.0 Å². The zero-order valence-electron chi connectivity index (χ0n) is 41.2. The molecule has 3 aromatic heterocycles. The minimum absolute atomic E-state index is 0.560. The molecule has 2 aliphatic heterocycles. The van der Waals surface area contributed by atoms with Crippen LogP contribution in [0.25, 0.3) is 89.2 Å². The highest BCUT2D eigenvalue weighted by Gasteiger charge is 2.52. The Bertz CT molecular complexity index is 4190. The first-order chi connectivity index (χ1) is 37.7. The summed E-state index contributed by atoms with van der Waals surface area (Å²) in [6.07, 6.45) is 0. The Kier molecular flexibility index (Phi) is 9.31. The molecule has 0 N–H and O–H groups in total. The number of aromatic nitrogens is 5. The van der Waals surface area contributed by atoms with Gasteiger partial charge in [0.25, 0.3) is 0 Å². The topological polar surface area (TPSA) is 48.5 Å². The van der Waals surface area contributed by atoms with Crippen molar-refractivity contribution in [3.8, 4) is 45.5 Å². The Balaban J connectivity index is 1.09. The van der Waals surface area contributed by atoms with E-state index in [4.69, 9.17) is 15.0 Å². The molecule has 0 unspecified atom stereocenters. The van der Waals surface area contributed by atoms with E-state index in [1.54, 1.807) is 0 Å². The first-order valence-corrected chi connectivity index (χ1v) is 30.1. The van der Waals surface area contributed by atoms with Crippen molar-refractivity contribution in [2.45, 2.75) is 0 Å². The van der Waals surface area contributed by atoms with Gasteiger partial charge in [-0.15, -0.1) is 0 Å². The van der Waals surface area contributed by atoms with Crippen molar-refractivity contribution >= 4 is 101 Å². The summed E-state index contributed by atoms with van der Waals surface area (Å²) in [5, 5.41) is 15.4. The van der Waals surface area contributed by atoms with Crippen molar-refractivity contribution in [3.05, 3.63) is 273 Å². The van der Waals surface area contributed by atoms with Crippen molar-refractivity contribution < 1.29 is 0 Å². The zero-order valence-corrected chi connectivity index (χ0v) is 43.2. The molecule has 354 valence electrons. The van der Waals surface area contributed by atoms with Crippen LogP contribution in [0.15, 0.2) is 273 Å². The Morgan fingerprint density at radius 2 is 0.539 bits per heavy atom. The first-order valence-electron chi connectivity index (χ1n) is 26.1. The number of fused-ring (bicyclic) bond motifs is 12. The third kappa shape index (κ3) is 5.86. The summed E-state index contributed by atoms with van der Waals surface area (Å²) in [6.45, 7) is 0. The van der Waals surface area contributed by atoms with Gasteiger partial charge in [-0.1, -0.05) is 249 Å². The van der Waals surface area contributed by atoms with E-state index in [0.29, 0.717) is 17.7 Å². The average molecular weight is 1000 g/mol. The highest BCUT2D eigenvalue weighted by atomic mass is 28.3. The van der Waals surface area contributed by atoms with E-state index in [2.05, 4.69) is 282 Å². The minimum atomic E-state index is -3.13. The third-order valence-electron chi connectivity index (χ3n) is 16.5. The van der Waals surface area contributed by atoms with E-state index in [9.17, 15) is 0 Å². The zero-order chi connectivity index (χ0) is 50.0. The Labute approximate surface area is 441 Å². The summed E-state index contributed by atoms with van der Waals surface area (Å²) in [6, 6.07) is 102. The van der Waals surface area contributed by atoms with Crippen LogP contribution in [0.1, 0.15) is 0 Å². The monoisotopic (exact) mass is 999 g/mol. The molecule has 0 bridgehead atoms. The lowest BCUT2D eigenvalue weighted by molar-refractivity contribution is 0.893. The van der Waals surface area contributed by atoms with E-state index in [-0.39, 0.29) is 0 Å². The Hall–Kier alpha value is -9.54. The molecular formula is C69H45N5Si2. The molecule has 7 heteroatoms. The lowest BCUT2D eigenvalue weighted by Gasteiger charge is -2.35. The van der Waals surface area contributed by atoms with Gasteiger partial charge in [-0.05, 0) is 88.0 Å². The van der Waals surface area contributed by atoms with Crippen LogP contribution < -0.4 is 41.5 Å². The van der Waals surface area contributed by atoms with E-state index < -0.39 is 16.1 Å². The van der Waals surface area contributed by atoms with E-state index >= 15 is 0 Å². The summed E-state index contributed by atoms with van der Waals surface area (Å²) in [5.74, 6) is 1.73. The second kappa shape index (κ2) is 16.5. The fourth-order valence-electron chi connectivity index (χ4n) is 13.6. The number of hydrogen-bond acceptors (Lipinski definition) is 3. The normalized spacial score (nSPS) is 13.7. The second-order valence-electron chi connectivity index (χ2n) is 20.2. The molecule has 0 aliphatic carbocycles. The van der Waals surface area contributed by atoms with Gasteiger partial charge in [-0.3, -0.25) is 9.13 Å². The van der Waals surface area contributed by atoms with Crippen LogP contribution in [0.4, 0.5) is 0 Å². The van der Waals surface area contributed by atoms with Crippen LogP contribution in [0.2, 0.25) is 0 Å². The maximum absolute atomic E-state index is 5.78. The minimum Gasteiger partial charge on any atom is -0.278 e. The highest BCUT2D eigenvalue weighted by molar-refractivity contribution is 7.24. The van der Waals surface area contributed by atoms with Gasteiger partial charge in [0.2, 0.25) is 11.9 Å². The Morgan fingerprint density at radius 1 is 0.250 bits per heavy atom. The second-order valence-corrected chi connectivity index (χ2v) is 27.7. The molecule has 2 aliphatic rings. The number of rotatable bonds is 7. The van der Waals surface area contributed by atoms with Crippen molar-refractivity contribution in [1.82, 2.24) is 24.1 Å². The molecule has 14 aromatic rings. The fourth-order valence-corrected chi connectivity index (χ4v) is 24.2. The van der Waals surface area contributed by atoms with Crippen LogP contribution in [0, 0.1) is 0 Å². The molecular weight excluding hydrogens is 955 g/mol. The van der Waals surface area contributed by atoms with Crippen molar-refractivity contribution in [1.29, 1.82) is 0 Å². The third-order valence-corrected chi connectivity index (χ3v) is 26.2. The van der Waals surface area contributed by atoms with E-state index in [1.165, 1.54) is 63.7 Å². The van der Waals surface area contributed by atoms with Gasteiger partial charge in [0.1, 0.15) is 0 Å². The molecule has 5 nitrogen and oxygen atoms in total. The SMILES string of the molecule is c1ccc([Si]2(c3cc(-c4nc(-n5c6ccccc6c6ccccc65)nc(-n5c6ccccc6c6ccccc65)n4)cc([Si]4(c5ccccc5)c5ccccc5-c5ccccc54)c3)c3ccccc3-c3ccccc32)cc1. The number of benzene rings is 11. The molecule has 16 rings (SSSR count). The molecule has 0 radical (unpaired) electrons. The largest absolute Gasteiger partial charge is 0.278 e. The fraction of sp³-hybridized carbons (Fsp3) is 0. The highest BCUT2D eigenvalue weighted by Crippen LogP contribution is 2.36. The first kappa shape index (κ1) is 42.9. The molecule has 0 spiro atoms. The molecule has 0 fully saturated rings. The maximum atomic E-state index is 5.78. The lowest BCUT2D eigenvalue weighted by atomic mass is 10.1. The summed E-state index contributed by atoms with van der Waals surface area (Å²) >= 11 is 0. The number of hydrogen-bond donors (Lipinski definition) is 0. The van der Waals surface area contributed by atoms with Gasteiger partial charge in [0, 0.05) is 27.1 Å². The molecule has 5 heterocycles. The summed E-state index contributed by atoms with van der Waals surface area (Å²) < 4.78 is 4.48. The molecule has 0 atom stereocenters. The summed E-state index contributed by atoms with van der Waals surface area (Å²) in [5.41, 5.74) is 10.3. The van der Waals surface area contributed by atoms with Crippen molar-refractivity contribution in [2.24, 2.45) is 0 Å². The van der Waals surface area contributed by atoms with Crippen LogP contribution in [-0.4, -0.2) is 40.2 Å². The Morgan fingerprint density at radius 3 is 0.882 bits per heavy atom. The van der Waals surface area contributed by atoms with Gasteiger partial charge >= 0.3 is 0 Å². The quantitative estimate of drug-likeness (QED) is 0.150. The van der Waals surface area contributed by atoms with Gasteiger partial charge in [0.05, 0.1) is 22.1 Å². The van der Waals surface area contributed by atoms with Crippen LogP contribution in [0.3, 0.4) is 0 Å². The van der Waals surface area contributed by atoms with E-state index in [1.807, 2.05) is 0 Å². The lowest BCUT2D eigenvalue weighted by Crippen LogP contribution is -2.76. The predicted molar refractivity (Wildman–Crippen MR) is 319 cm³/mol. The molecule has 0 saturated carbocycles. The van der Waals surface area contributed by atoms with Crippen LogP contribution >= 0.6 is 0 Å². The van der Waals surface area contributed by atoms with Gasteiger partial charge < -0.3 is 0 Å². The van der Waals surface area contributed by atoms with Crippen molar-refractivity contribution in [3.63, 3.8) is 0 Å². The average Bonchev–Trinajstić information content (AvgIpc) is 4.33. The van der Waals surface area contributed by atoms with Crippen LogP contribution in [-0.2, 0) is 0 Å². The standard InChI is InChI=1S/C69H45N5Si2/c1-3-23-47(24-4-1)75(63-39-19-11-31-55(63)56-32-12-20-40-64(56)75)49-43-46(44-50(45-49)76(48-25-5-2-6-26-48)65-41-21-13-33-57(65)58-34-14-22-42-66(58)76)67-70-68(73-59-35-15-7-27-51(59)52-28-8-16-36-60(52)73)72-69(71-67)74-61-37-17-9-29-53(61)54-30-10-18-38-62(54)74/h1-45H.